The smallest absolute Gasteiger partial charge is 0.338 e. The van der Waals surface area contributed by atoms with Gasteiger partial charge in [0.25, 0.3) is 0 Å². The van der Waals surface area contributed by atoms with E-state index in [1.54, 1.807) is 91.0 Å². The molecule has 0 unspecified atom stereocenters. The summed E-state index contributed by atoms with van der Waals surface area (Å²) in [6.07, 6.45) is -5.10. The second kappa shape index (κ2) is 19.7. The van der Waals surface area contributed by atoms with Crippen LogP contribution in [0.15, 0.2) is 211 Å². The Kier molecular flexibility index (Phi) is 13.3. The Hall–Kier alpha value is -6.78. The number of carbonyl (C=O) groups is 3. The highest BCUT2D eigenvalue weighted by molar-refractivity contribution is 7.99. The first-order chi connectivity index (χ1) is 30.4. The van der Waals surface area contributed by atoms with Crippen molar-refractivity contribution in [1.82, 2.24) is 0 Å². The zero-order valence-electron chi connectivity index (χ0n) is 33.9. The average molecular weight is 841 g/mol. The summed E-state index contributed by atoms with van der Waals surface area (Å²) in [6, 6.07) is 63.0. The van der Waals surface area contributed by atoms with Crippen LogP contribution in [0, 0.1) is 6.92 Å². The van der Waals surface area contributed by atoms with Crippen molar-refractivity contribution in [3.8, 4) is 0 Å². The maximum Gasteiger partial charge on any atom is 0.338 e. The summed E-state index contributed by atoms with van der Waals surface area (Å²) in [5.74, 6) is -2.07. The van der Waals surface area contributed by atoms with Crippen molar-refractivity contribution in [2.24, 2.45) is 0 Å². The molecule has 8 nitrogen and oxygen atoms in total. The molecular formula is C53H44O8S. The number of rotatable bonds is 14. The molecule has 1 saturated heterocycles. The SMILES string of the molecule is Cc1ccc(S[C@@H]2O[C@H](COC(c3ccccc3)(c3ccccc3)c3ccccc3)[C@@H](OC(=O)c3ccccc3)[C@H](OC(=O)c3ccccc3)[C@H]2OC(=O)c2ccccc2)cc1. The lowest BCUT2D eigenvalue weighted by molar-refractivity contribution is -0.216. The highest BCUT2D eigenvalue weighted by atomic mass is 32.2. The second-order valence-electron chi connectivity index (χ2n) is 14.8. The van der Waals surface area contributed by atoms with Crippen molar-refractivity contribution in [3.63, 3.8) is 0 Å². The summed E-state index contributed by atoms with van der Waals surface area (Å²) in [4.78, 5) is 43.3. The van der Waals surface area contributed by atoms with Crippen LogP contribution in [0.3, 0.4) is 0 Å². The summed E-state index contributed by atoms with van der Waals surface area (Å²) in [5.41, 5.74) is 2.22. The molecule has 0 amide bonds. The topological polar surface area (TPSA) is 97.4 Å². The van der Waals surface area contributed by atoms with Crippen molar-refractivity contribution in [2.75, 3.05) is 6.61 Å². The Balaban J connectivity index is 1.27. The number of hydrogen-bond donors (Lipinski definition) is 0. The van der Waals surface area contributed by atoms with E-state index < -0.39 is 53.4 Å². The molecule has 7 aromatic carbocycles. The van der Waals surface area contributed by atoms with Gasteiger partial charge in [-0.15, -0.1) is 0 Å². The van der Waals surface area contributed by atoms with Gasteiger partial charge in [-0.05, 0) is 72.1 Å². The Morgan fingerprint density at radius 2 is 0.823 bits per heavy atom. The van der Waals surface area contributed by atoms with Crippen LogP contribution in [-0.4, -0.2) is 54.4 Å². The zero-order valence-corrected chi connectivity index (χ0v) is 34.7. The molecule has 9 heteroatoms. The highest BCUT2D eigenvalue weighted by Crippen LogP contribution is 2.43. The summed E-state index contributed by atoms with van der Waals surface area (Å²) in [7, 11) is 0. The van der Waals surface area contributed by atoms with Gasteiger partial charge in [-0.25, -0.2) is 14.4 Å². The van der Waals surface area contributed by atoms with Gasteiger partial charge in [0.2, 0.25) is 0 Å². The third kappa shape index (κ3) is 9.56. The van der Waals surface area contributed by atoms with Crippen molar-refractivity contribution in [3.05, 3.63) is 245 Å². The quantitative estimate of drug-likeness (QED) is 0.0602. The number of ether oxygens (including phenoxy) is 5. The van der Waals surface area contributed by atoms with E-state index in [1.807, 2.05) is 122 Å². The lowest BCUT2D eigenvalue weighted by atomic mass is 9.80. The van der Waals surface area contributed by atoms with Gasteiger partial charge >= 0.3 is 17.9 Å². The Bertz CT molecular complexity index is 2430. The molecule has 0 aromatic heterocycles. The van der Waals surface area contributed by atoms with Gasteiger partial charge in [0.1, 0.15) is 17.1 Å². The number of esters is 3. The number of hydrogen-bond acceptors (Lipinski definition) is 9. The van der Waals surface area contributed by atoms with Crippen LogP contribution in [0.2, 0.25) is 0 Å². The molecule has 62 heavy (non-hydrogen) atoms. The Morgan fingerprint density at radius 1 is 0.468 bits per heavy atom. The standard InChI is InChI=1S/C53H44O8S/c1-37-32-34-44(35-33-37)62-52-48(61-51(56)40-24-12-4-13-25-40)47(60-50(55)39-22-10-3-11-23-39)46(59-49(54)38-20-8-2-9-21-38)45(58-52)36-57-53(41-26-14-5-15-27-41,42-28-16-6-17-29-42)43-30-18-7-19-31-43/h2-35,45-48,52H,36H2,1H3/t45-,46-,47+,48-,52+/m1/s1. The maximum atomic E-state index is 14.2. The first-order valence-electron chi connectivity index (χ1n) is 20.4. The van der Waals surface area contributed by atoms with E-state index in [2.05, 4.69) is 0 Å². The lowest BCUT2D eigenvalue weighted by Gasteiger charge is -2.46. The van der Waals surface area contributed by atoms with Crippen LogP contribution >= 0.6 is 11.8 Å². The van der Waals surface area contributed by atoms with E-state index in [0.717, 1.165) is 27.1 Å². The number of aryl methyl sites for hydroxylation is 1. The molecule has 0 N–H and O–H groups in total. The van der Waals surface area contributed by atoms with Crippen LogP contribution in [0.25, 0.3) is 0 Å². The molecule has 5 atom stereocenters. The fraction of sp³-hybridized carbons (Fsp3) is 0.151. The van der Waals surface area contributed by atoms with E-state index in [-0.39, 0.29) is 23.3 Å². The first-order valence-corrected chi connectivity index (χ1v) is 21.2. The fourth-order valence-corrected chi connectivity index (χ4v) is 8.64. The van der Waals surface area contributed by atoms with Gasteiger partial charge in [-0.1, -0.05) is 175 Å². The molecule has 1 aliphatic heterocycles. The number of benzene rings is 7. The molecule has 1 fully saturated rings. The minimum atomic E-state index is -1.38. The zero-order chi connectivity index (χ0) is 42.7. The molecular weight excluding hydrogens is 797 g/mol. The van der Waals surface area contributed by atoms with Gasteiger partial charge in [0.15, 0.2) is 18.3 Å². The van der Waals surface area contributed by atoms with Crippen LogP contribution in [0.1, 0.15) is 53.3 Å². The van der Waals surface area contributed by atoms with Crippen LogP contribution < -0.4 is 0 Å². The summed E-state index contributed by atoms with van der Waals surface area (Å²) >= 11 is 1.30. The van der Waals surface area contributed by atoms with Crippen molar-refractivity contribution >= 4 is 29.7 Å². The Morgan fingerprint density at radius 3 is 1.23 bits per heavy atom. The van der Waals surface area contributed by atoms with Crippen molar-refractivity contribution in [2.45, 2.75) is 47.3 Å². The molecule has 0 spiro atoms. The first kappa shape index (κ1) is 41.9. The van der Waals surface area contributed by atoms with E-state index in [9.17, 15) is 14.4 Å². The van der Waals surface area contributed by atoms with Crippen molar-refractivity contribution < 1.29 is 38.1 Å². The minimum absolute atomic E-state index is 0.172. The van der Waals surface area contributed by atoms with Crippen molar-refractivity contribution in [1.29, 1.82) is 0 Å². The maximum absolute atomic E-state index is 14.2. The van der Waals surface area contributed by atoms with Crippen LogP contribution in [-0.2, 0) is 29.3 Å². The second-order valence-corrected chi connectivity index (χ2v) is 15.9. The predicted molar refractivity (Wildman–Crippen MR) is 238 cm³/mol. The normalized spacial score (nSPS) is 18.6. The van der Waals surface area contributed by atoms with Gasteiger partial charge in [-0.3, -0.25) is 0 Å². The van der Waals surface area contributed by atoms with Crippen LogP contribution in [0.5, 0.6) is 0 Å². The molecule has 0 radical (unpaired) electrons. The van der Waals surface area contributed by atoms with E-state index >= 15 is 0 Å². The van der Waals surface area contributed by atoms with Gasteiger partial charge in [-0.2, -0.15) is 0 Å². The summed E-state index contributed by atoms with van der Waals surface area (Å²) in [5, 5.41) is 0. The highest BCUT2D eigenvalue weighted by Gasteiger charge is 2.54. The molecule has 8 rings (SSSR count). The summed E-state index contributed by atoms with van der Waals surface area (Å²) in [6.45, 7) is 1.82. The predicted octanol–water partition coefficient (Wildman–Crippen LogP) is 10.5. The summed E-state index contributed by atoms with van der Waals surface area (Å²) < 4.78 is 33.6. The van der Waals surface area contributed by atoms with Gasteiger partial charge < -0.3 is 23.7 Å². The largest absolute Gasteiger partial charge is 0.452 e. The molecule has 0 bridgehead atoms. The molecule has 7 aromatic rings. The molecule has 310 valence electrons. The number of thioether (sulfide) groups is 1. The van der Waals surface area contributed by atoms with Gasteiger partial charge in [0.05, 0.1) is 23.3 Å². The molecule has 0 aliphatic carbocycles. The fourth-order valence-electron chi connectivity index (χ4n) is 7.53. The van der Waals surface area contributed by atoms with Gasteiger partial charge in [0, 0.05) is 4.90 Å². The van der Waals surface area contributed by atoms with E-state index in [1.165, 1.54) is 11.8 Å². The number of carbonyl (C=O) groups excluding carboxylic acids is 3. The third-order valence-corrected chi connectivity index (χ3v) is 11.8. The lowest BCUT2D eigenvalue weighted by Crippen LogP contribution is -2.62. The third-order valence-electron chi connectivity index (χ3n) is 10.6. The average Bonchev–Trinajstić information content (AvgIpc) is 3.33. The van der Waals surface area contributed by atoms with Crippen LogP contribution in [0.4, 0.5) is 0 Å². The monoisotopic (exact) mass is 840 g/mol. The molecule has 1 heterocycles. The molecule has 1 aliphatic rings. The van der Waals surface area contributed by atoms with E-state index in [0.29, 0.717) is 0 Å². The van der Waals surface area contributed by atoms with E-state index in [4.69, 9.17) is 23.7 Å². The minimum Gasteiger partial charge on any atom is -0.452 e. The Labute approximate surface area is 365 Å². The molecule has 0 saturated carbocycles.